The highest BCUT2D eigenvalue weighted by molar-refractivity contribution is 7.89. The average Bonchev–Trinajstić information content (AvgIpc) is 3.12. The van der Waals surface area contributed by atoms with E-state index in [2.05, 4.69) is 4.98 Å². The second kappa shape index (κ2) is 5.93. The molecule has 1 aromatic heterocycles. The van der Waals surface area contributed by atoms with E-state index < -0.39 is 9.84 Å². The van der Waals surface area contributed by atoms with E-state index in [9.17, 15) is 8.42 Å². The number of fused-ring (bicyclic) bond motifs is 2. The Morgan fingerprint density at radius 1 is 1.24 bits per heavy atom. The second-order valence-corrected chi connectivity index (χ2v) is 8.53. The van der Waals surface area contributed by atoms with Crippen molar-refractivity contribution < 1.29 is 17.9 Å². The summed E-state index contributed by atoms with van der Waals surface area (Å²) in [6.45, 7) is 0.577. The first-order chi connectivity index (χ1) is 11.9. The number of hydrogen-bond donors (Lipinski definition) is 0. The van der Waals surface area contributed by atoms with Crippen LogP contribution in [0.3, 0.4) is 0 Å². The third-order valence-corrected chi connectivity index (χ3v) is 5.02. The highest BCUT2D eigenvalue weighted by Gasteiger charge is 2.20. The first-order valence-electron chi connectivity index (χ1n) is 7.60. The molecule has 4 rings (SSSR count). The number of halogens is 1. The van der Waals surface area contributed by atoms with Crippen LogP contribution >= 0.6 is 11.6 Å². The molecule has 1 aliphatic heterocycles. The quantitative estimate of drug-likeness (QED) is 0.698. The van der Waals surface area contributed by atoms with Gasteiger partial charge in [0.25, 0.3) is 0 Å². The van der Waals surface area contributed by atoms with Crippen molar-refractivity contribution in [1.82, 2.24) is 9.55 Å². The number of rotatable bonds is 4. The van der Waals surface area contributed by atoms with E-state index >= 15 is 0 Å². The molecule has 0 amide bonds. The molecule has 0 saturated carbocycles. The highest BCUT2D eigenvalue weighted by Crippen LogP contribution is 2.40. The maximum atomic E-state index is 11.8. The molecule has 0 radical (unpaired) electrons. The summed E-state index contributed by atoms with van der Waals surface area (Å²) in [4.78, 5) is 4.48. The molecule has 2 aromatic carbocycles. The minimum absolute atomic E-state index is 0.125. The van der Waals surface area contributed by atoms with E-state index in [4.69, 9.17) is 21.1 Å². The molecule has 0 saturated heterocycles. The van der Waals surface area contributed by atoms with Gasteiger partial charge in [-0.3, -0.25) is 0 Å². The largest absolute Gasteiger partial charge is 0.454 e. The molecule has 3 aromatic rings. The number of para-hydroxylation sites is 2. The van der Waals surface area contributed by atoms with Gasteiger partial charge in [-0.25, -0.2) is 13.4 Å². The molecule has 8 heteroatoms. The molecule has 1 aliphatic rings. The van der Waals surface area contributed by atoms with E-state index in [0.29, 0.717) is 28.9 Å². The highest BCUT2D eigenvalue weighted by atomic mass is 35.5. The van der Waals surface area contributed by atoms with Crippen LogP contribution in [0.25, 0.3) is 11.0 Å². The molecule has 6 nitrogen and oxygen atoms in total. The number of ether oxygens (including phenoxy) is 2. The average molecular weight is 379 g/mol. The van der Waals surface area contributed by atoms with Crippen molar-refractivity contribution in [2.45, 2.75) is 12.3 Å². The number of sulfone groups is 1. The maximum Gasteiger partial charge on any atom is 0.231 e. The van der Waals surface area contributed by atoms with Crippen LogP contribution in [0.15, 0.2) is 36.4 Å². The van der Waals surface area contributed by atoms with Gasteiger partial charge in [0.1, 0.15) is 11.6 Å². The van der Waals surface area contributed by atoms with Gasteiger partial charge in [-0.15, -0.1) is 0 Å². The van der Waals surface area contributed by atoms with Crippen molar-refractivity contribution in [3.05, 3.63) is 52.8 Å². The van der Waals surface area contributed by atoms with E-state index in [1.807, 2.05) is 34.9 Å². The Bertz CT molecular complexity index is 1080. The van der Waals surface area contributed by atoms with Gasteiger partial charge in [-0.05, 0) is 29.8 Å². The Morgan fingerprint density at radius 3 is 2.84 bits per heavy atom. The summed E-state index contributed by atoms with van der Waals surface area (Å²) < 4.78 is 36.2. The van der Waals surface area contributed by atoms with Gasteiger partial charge in [0.05, 0.1) is 16.1 Å². The Kier molecular flexibility index (Phi) is 3.85. The lowest BCUT2D eigenvalue weighted by atomic mass is 10.2. The van der Waals surface area contributed by atoms with E-state index in [-0.39, 0.29) is 12.5 Å². The van der Waals surface area contributed by atoms with Crippen molar-refractivity contribution in [3.63, 3.8) is 0 Å². The van der Waals surface area contributed by atoms with Crippen molar-refractivity contribution >= 4 is 32.5 Å². The van der Waals surface area contributed by atoms with Crippen LogP contribution in [0.2, 0.25) is 5.02 Å². The third-order valence-electron chi connectivity index (χ3n) is 3.95. The lowest BCUT2D eigenvalue weighted by molar-refractivity contribution is 0.174. The summed E-state index contributed by atoms with van der Waals surface area (Å²) in [6.07, 6.45) is 1.20. The van der Waals surface area contributed by atoms with Gasteiger partial charge in [0, 0.05) is 12.8 Å². The predicted octanol–water partition coefficient (Wildman–Crippen LogP) is 3.01. The molecule has 0 atom stereocenters. The zero-order valence-electron chi connectivity index (χ0n) is 13.4. The summed E-state index contributed by atoms with van der Waals surface area (Å²) in [6, 6.07) is 11.2. The Balaban J connectivity index is 1.81. The smallest absolute Gasteiger partial charge is 0.231 e. The van der Waals surface area contributed by atoms with Gasteiger partial charge in [-0.1, -0.05) is 23.7 Å². The van der Waals surface area contributed by atoms with Crippen LogP contribution < -0.4 is 9.47 Å². The molecular formula is C17H15ClN2O4S. The van der Waals surface area contributed by atoms with Crippen molar-refractivity contribution in [1.29, 1.82) is 0 Å². The lowest BCUT2D eigenvalue weighted by Gasteiger charge is -2.10. The zero-order chi connectivity index (χ0) is 17.6. The van der Waals surface area contributed by atoms with Crippen molar-refractivity contribution in [2.24, 2.45) is 0 Å². The van der Waals surface area contributed by atoms with Crippen LogP contribution in [0.4, 0.5) is 0 Å². The number of nitrogens with zero attached hydrogens (tertiary/aromatic N) is 2. The molecule has 25 heavy (non-hydrogen) atoms. The summed E-state index contributed by atoms with van der Waals surface area (Å²) in [5.74, 6) is 1.51. The van der Waals surface area contributed by atoms with Gasteiger partial charge in [0.2, 0.25) is 6.79 Å². The van der Waals surface area contributed by atoms with E-state index in [1.54, 1.807) is 6.07 Å². The summed E-state index contributed by atoms with van der Waals surface area (Å²) >= 11 is 6.25. The molecule has 0 N–H and O–H groups in total. The maximum absolute atomic E-state index is 11.8. The fraction of sp³-hybridized carbons (Fsp3) is 0.235. The van der Waals surface area contributed by atoms with Crippen molar-refractivity contribution in [3.8, 4) is 11.5 Å². The first-order valence-corrected chi connectivity index (χ1v) is 10.0. The molecule has 0 bridgehead atoms. The van der Waals surface area contributed by atoms with Crippen LogP contribution in [0.5, 0.6) is 11.5 Å². The molecule has 0 spiro atoms. The summed E-state index contributed by atoms with van der Waals surface area (Å²) in [7, 11) is -3.21. The van der Waals surface area contributed by atoms with Crippen LogP contribution in [0.1, 0.15) is 11.4 Å². The predicted molar refractivity (Wildman–Crippen MR) is 95.0 cm³/mol. The normalized spacial score (nSPS) is 13.5. The monoisotopic (exact) mass is 378 g/mol. The fourth-order valence-electron chi connectivity index (χ4n) is 2.94. The number of hydrogen-bond acceptors (Lipinski definition) is 5. The number of aromatic nitrogens is 2. The van der Waals surface area contributed by atoms with Gasteiger partial charge in [0.15, 0.2) is 21.3 Å². The number of benzene rings is 2. The van der Waals surface area contributed by atoms with Crippen LogP contribution in [0, 0.1) is 0 Å². The SMILES string of the molecule is CS(=O)(=O)Cc1nc2ccccc2n1Cc1cc(Cl)c2c(c1)OCO2. The fourth-order valence-corrected chi connectivity index (χ4v) is 3.92. The van der Waals surface area contributed by atoms with Gasteiger partial charge < -0.3 is 14.0 Å². The Morgan fingerprint density at radius 2 is 2.04 bits per heavy atom. The van der Waals surface area contributed by atoms with Crippen LogP contribution in [-0.4, -0.2) is 31.0 Å². The van der Waals surface area contributed by atoms with E-state index in [0.717, 1.165) is 16.6 Å². The first kappa shape index (κ1) is 16.2. The number of imidazole rings is 1. The minimum Gasteiger partial charge on any atom is -0.454 e. The topological polar surface area (TPSA) is 70.4 Å². The Hall–Kier alpha value is -2.25. The lowest BCUT2D eigenvalue weighted by Crippen LogP contribution is -2.10. The zero-order valence-corrected chi connectivity index (χ0v) is 15.0. The van der Waals surface area contributed by atoms with Gasteiger partial charge >= 0.3 is 0 Å². The molecule has 0 unspecified atom stereocenters. The minimum atomic E-state index is -3.21. The standard InChI is InChI=1S/C17H15ClN2O4S/c1-25(21,22)9-16-19-13-4-2-3-5-14(13)20(16)8-11-6-12(18)17-15(7-11)23-10-24-17/h2-7H,8-10H2,1H3. The molecular weight excluding hydrogens is 364 g/mol. The van der Waals surface area contributed by atoms with Crippen molar-refractivity contribution in [2.75, 3.05) is 13.0 Å². The van der Waals surface area contributed by atoms with E-state index in [1.165, 1.54) is 6.26 Å². The Labute approximate surface area is 149 Å². The summed E-state index contributed by atoms with van der Waals surface area (Å²) in [5, 5.41) is 0.471. The molecule has 2 heterocycles. The summed E-state index contributed by atoms with van der Waals surface area (Å²) in [5.41, 5.74) is 2.51. The molecule has 0 aliphatic carbocycles. The third kappa shape index (κ3) is 3.17. The van der Waals surface area contributed by atoms with Crippen LogP contribution in [-0.2, 0) is 22.1 Å². The second-order valence-electron chi connectivity index (χ2n) is 5.98. The molecule has 0 fully saturated rings. The van der Waals surface area contributed by atoms with Gasteiger partial charge in [-0.2, -0.15) is 0 Å². The molecule has 130 valence electrons.